The van der Waals surface area contributed by atoms with Crippen LogP contribution in [0.5, 0.6) is 5.75 Å². The van der Waals surface area contributed by atoms with Gasteiger partial charge in [-0.25, -0.2) is 0 Å². The lowest BCUT2D eigenvalue weighted by Crippen LogP contribution is -2.50. The molecule has 1 aliphatic heterocycles. The van der Waals surface area contributed by atoms with Crippen molar-refractivity contribution in [3.8, 4) is 5.75 Å². The average molecular weight is 249 g/mol. The molecule has 2 unspecified atom stereocenters. The van der Waals surface area contributed by atoms with Crippen LogP contribution < -0.4 is 4.74 Å². The van der Waals surface area contributed by atoms with Crippen molar-refractivity contribution in [1.82, 2.24) is 4.90 Å². The molecule has 0 spiro atoms. The predicted octanol–water partition coefficient (Wildman–Crippen LogP) is 1.94. The normalized spacial score (nSPS) is 23.8. The molecule has 0 saturated carbocycles. The lowest BCUT2D eigenvalue weighted by atomic mass is 10.1. The number of ether oxygens (including phenoxy) is 2. The Kier molecular flexibility index (Phi) is 3.87. The largest absolute Gasteiger partial charge is 0.496 e. The van der Waals surface area contributed by atoms with E-state index in [0.717, 1.165) is 0 Å². The van der Waals surface area contributed by atoms with Crippen molar-refractivity contribution in [3.05, 3.63) is 29.8 Å². The Morgan fingerprint density at radius 3 is 2.83 bits per heavy atom. The standard InChI is InChI=1S/C14H19NO3/c1-10-9-18-11(2)8-15(10)14(16)12-6-4-5-7-13(12)17-3/h4-7,10-11H,8-9H2,1-3H3. The Balaban J connectivity index is 2.24. The predicted molar refractivity (Wildman–Crippen MR) is 68.9 cm³/mol. The number of para-hydroxylation sites is 1. The molecular formula is C14H19NO3. The van der Waals surface area contributed by atoms with Gasteiger partial charge >= 0.3 is 0 Å². The van der Waals surface area contributed by atoms with Crippen LogP contribution in [0.2, 0.25) is 0 Å². The zero-order valence-electron chi connectivity index (χ0n) is 11.1. The number of morpholine rings is 1. The molecule has 4 nitrogen and oxygen atoms in total. The molecule has 98 valence electrons. The van der Waals surface area contributed by atoms with Gasteiger partial charge in [-0.05, 0) is 26.0 Å². The summed E-state index contributed by atoms with van der Waals surface area (Å²) >= 11 is 0. The highest BCUT2D eigenvalue weighted by Crippen LogP contribution is 2.22. The zero-order valence-corrected chi connectivity index (χ0v) is 11.1. The summed E-state index contributed by atoms with van der Waals surface area (Å²) in [4.78, 5) is 14.4. The minimum atomic E-state index is 0.00935. The fourth-order valence-corrected chi connectivity index (χ4v) is 2.16. The number of amides is 1. The molecule has 2 atom stereocenters. The molecular weight excluding hydrogens is 230 g/mol. The van der Waals surface area contributed by atoms with Crippen LogP contribution in [0.1, 0.15) is 24.2 Å². The first-order valence-corrected chi connectivity index (χ1v) is 6.19. The van der Waals surface area contributed by atoms with Crippen molar-refractivity contribution in [2.24, 2.45) is 0 Å². The fourth-order valence-electron chi connectivity index (χ4n) is 2.16. The summed E-state index contributed by atoms with van der Waals surface area (Å²) in [6.45, 7) is 5.19. The maximum Gasteiger partial charge on any atom is 0.258 e. The molecule has 0 N–H and O–H groups in total. The lowest BCUT2D eigenvalue weighted by molar-refractivity contribution is -0.0387. The van der Waals surface area contributed by atoms with E-state index in [1.807, 2.05) is 36.9 Å². The van der Waals surface area contributed by atoms with E-state index in [4.69, 9.17) is 9.47 Å². The van der Waals surface area contributed by atoms with Crippen molar-refractivity contribution in [1.29, 1.82) is 0 Å². The molecule has 1 amide bonds. The molecule has 1 aromatic carbocycles. The average Bonchev–Trinajstić information content (AvgIpc) is 2.40. The van der Waals surface area contributed by atoms with Gasteiger partial charge in [0.05, 0.1) is 31.4 Å². The Labute approximate surface area is 107 Å². The number of carbonyl (C=O) groups is 1. The van der Waals surface area contributed by atoms with E-state index in [-0.39, 0.29) is 18.1 Å². The minimum absolute atomic E-state index is 0.00935. The second-order valence-electron chi connectivity index (χ2n) is 4.65. The lowest BCUT2D eigenvalue weighted by Gasteiger charge is -2.37. The molecule has 18 heavy (non-hydrogen) atoms. The second-order valence-corrected chi connectivity index (χ2v) is 4.65. The Bertz CT molecular complexity index is 433. The highest BCUT2D eigenvalue weighted by molar-refractivity contribution is 5.97. The van der Waals surface area contributed by atoms with Crippen molar-refractivity contribution in [2.75, 3.05) is 20.3 Å². The van der Waals surface area contributed by atoms with Crippen LogP contribution in [0.25, 0.3) is 0 Å². The van der Waals surface area contributed by atoms with E-state index in [1.165, 1.54) is 0 Å². The number of benzene rings is 1. The summed E-state index contributed by atoms with van der Waals surface area (Å²) in [5.74, 6) is 0.629. The van der Waals surface area contributed by atoms with E-state index in [1.54, 1.807) is 13.2 Å². The van der Waals surface area contributed by atoms with Crippen molar-refractivity contribution < 1.29 is 14.3 Å². The third kappa shape index (κ3) is 2.48. The summed E-state index contributed by atoms with van der Waals surface area (Å²) in [6, 6.07) is 7.42. The van der Waals surface area contributed by atoms with Crippen LogP contribution in [0.15, 0.2) is 24.3 Å². The Morgan fingerprint density at radius 1 is 1.39 bits per heavy atom. The second kappa shape index (κ2) is 5.40. The highest BCUT2D eigenvalue weighted by atomic mass is 16.5. The molecule has 2 rings (SSSR count). The number of nitrogens with zero attached hydrogens (tertiary/aromatic N) is 1. The summed E-state index contributed by atoms with van der Waals surface area (Å²) in [7, 11) is 1.58. The molecule has 1 heterocycles. The van der Waals surface area contributed by atoms with Gasteiger partial charge in [-0.2, -0.15) is 0 Å². The monoisotopic (exact) mass is 249 g/mol. The van der Waals surface area contributed by atoms with E-state index in [2.05, 4.69) is 0 Å². The van der Waals surface area contributed by atoms with Gasteiger partial charge in [0, 0.05) is 6.54 Å². The number of hydrogen-bond acceptors (Lipinski definition) is 3. The van der Waals surface area contributed by atoms with Gasteiger partial charge in [-0.1, -0.05) is 12.1 Å². The van der Waals surface area contributed by atoms with Gasteiger partial charge in [-0.3, -0.25) is 4.79 Å². The van der Waals surface area contributed by atoms with Gasteiger partial charge in [-0.15, -0.1) is 0 Å². The minimum Gasteiger partial charge on any atom is -0.496 e. The van der Waals surface area contributed by atoms with Crippen LogP contribution >= 0.6 is 0 Å². The van der Waals surface area contributed by atoms with Crippen molar-refractivity contribution in [3.63, 3.8) is 0 Å². The number of rotatable bonds is 2. The van der Waals surface area contributed by atoms with Crippen molar-refractivity contribution in [2.45, 2.75) is 26.0 Å². The number of hydrogen-bond donors (Lipinski definition) is 0. The Hall–Kier alpha value is -1.55. The third-order valence-electron chi connectivity index (χ3n) is 3.21. The molecule has 0 aliphatic carbocycles. The van der Waals surface area contributed by atoms with Gasteiger partial charge in [0.25, 0.3) is 5.91 Å². The van der Waals surface area contributed by atoms with E-state index < -0.39 is 0 Å². The molecule has 4 heteroatoms. The zero-order chi connectivity index (χ0) is 13.1. The number of methoxy groups -OCH3 is 1. The molecule has 0 radical (unpaired) electrons. The maximum absolute atomic E-state index is 12.5. The van der Waals surface area contributed by atoms with Crippen LogP contribution in [-0.2, 0) is 4.74 Å². The van der Waals surface area contributed by atoms with Crippen LogP contribution in [0, 0.1) is 0 Å². The van der Waals surface area contributed by atoms with Gasteiger partial charge < -0.3 is 14.4 Å². The van der Waals surface area contributed by atoms with E-state index >= 15 is 0 Å². The van der Waals surface area contributed by atoms with Gasteiger partial charge in [0.1, 0.15) is 5.75 Å². The van der Waals surface area contributed by atoms with E-state index in [9.17, 15) is 4.79 Å². The Morgan fingerprint density at radius 2 is 2.11 bits per heavy atom. The SMILES string of the molecule is COc1ccccc1C(=O)N1CC(C)OCC1C. The summed E-state index contributed by atoms with van der Waals surface area (Å²) < 4.78 is 10.8. The smallest absolute Gasteiger partial charge is 0.258 e. The first kappa shape index (κ1) is 12.9. The quantitative estimate of drug-likeness (QED) is 0.804. The summed E-state index contributed by atoms with van der Waals surface area (Å²) in [5, 5.41) is 0. The molecule has 1 aromatic rings. The number of carbonyl (C=O) groups excluding carboxylic acids is 1. The van der Waals surface area contributed by atoms with Crippen LogP contribution in [-0.4, -0.2) is 43.2 Å². The summed E-state index contributed by atoms with van der Waals surface area (Å²) in [6.07, 6.45) is 0.0832. The maximum atomic E-state index is 12.5. The molecule has 1 aliphatic rings. The molecule has 0 bridgehead atoms. The third-order valence-corrected chi connectivity index (χ3v) is 3.21. The van der Waals surface area contributed by atoms with Gasteiger partial charge in [0.2, 0.25) is 0 Å². The summed E-state index contributed by atoms with van der Waals surface area (Å²) in [5.41, 5.74) is 0.612. The molecule has 0 aromatic heterocycles. The first-order valence-electron chi connectivity index (χ1n) is 6.19. The molecule has 1 fully saturated rings. The highest BCUT2D eigenvalue weighted by Gasteiger charge is 2.29. The van der Waals surface area contributed by atoms with Crippen LogP contribution in [0.4, 0.5) is 0 Å². The van der Waals surface area contributed by atoms with E-state index in [0.29, 0.717) is 24.5 Å². The van der Waals surface area contributed by atoms with Gasteiger partial charge in [0.15, 0.2) is 0 Å². The van der Waals surface area contributed by atoms with Crippen molar-refractivity contribution >= 4 is 5.91 Å². The molecule has 1 saturated heterocycles. The fraction of sp³-hybridized carbons (Fsp3) is 0.500. The first-order chi connectivity index (χ1) is 8.63. The van der Waals surface area contributed by atoms with Crippen LogP contribution in [0.3, 0.4) is 0 Å². The topological polar surface area (TPSA) is 38.8 Å².